The SMILES string of the molecule is Nc1ccc(CCCCCCCCCOCCCCCCCCCc2ccc(N)cc2)cc1. The van der Waals surface area contributed by atoms with E-state index in [1.54, 1.807) is 0 Å². The molecule has 0 aliphatic rings. The van der Waals surface area contributed by atoms with Crippen LogP contribution >= 0.6 is 0 Å². The first-order chi connectivity index (χ1) is 16.2. The molecule has 184 valence electrons. The maximum Gasteiger partial charge on any atom is 0.0466 e. The van der Waals surface area contributed by atoms with E-state index >= 15 is 0 Å². The average molecular weight is 453 g/mol. The van der Waals surface area contributed by atoms with Crippen LogP contribution in [0.25, 0.3) is 0 Å². The Kier molecular flexibility index (Phi) is 15.2. The molecule has 0 saturated carbocycles. The van der Waals surface area contributed by atoms with Crippen molar-refractivity contribution in [3.8, 4) is 0 Å². The number of benzene rings is 2. The molecule has 0 unspecified atom stereocenters. The Labute approximate surface area is 203 Å². The van der Waals surface area contributed by atoms with Gasteiger partial charge >= 0.3 is 0 Å². The molecule has 0 atom stereocenters. The van der Waals surface area contributed by atoms with Gasteiger partial charge in [0.25, 0.3) is 0 Å². The highest BCUT2D eigenvalue weighted by Crippen LogP contribution is 2.14. The molecule has 3 heteroatoms. The van der Waals surface area contributed by atoms with Crippen molar-refractivity contribution in [1.29, 1.82) is 0 Å². The number of anilines is 2. The number of hydrogen-bond acceptors (Lipinski definition) is 3. The van der Waals surface area contributed by atoms with Gasteiger partial charge in [-0.2, -0.15) is 0 Å². The zero-order valence-corrected chi connectivity index (χ0v) is 20.9. The van der Waals surface area contributed by atoms with E-state index in [0.717, 1.165) is 24.6 Å². The first-order valence-electron chi connectivity index (χ1n) is 13.5. The monoisotopic (exact) mass is 452 g/mol. The van der Waals surface area contributed by atoms with Crippen molar-refractivity contribution in [1.82, 2.24) is 0 Å². The highest BCUT2D eigenvalue weighted by molar-refractivity contribution is 5.39. The molecule has 33 heavy (non-hydrogen) atoms. The lowest BCUT2D eigenvalue weighted by molar-refractivity contribution is 0.125. The van der Waals surface area contributed by atoms with Gasteiger partial charge in [0.05, 0.1) is 0 Å². The number of nitrogens with two attached hydrogens (primary N) is 2. The second kappa shape index (κ2) is 18.4. The Bertz CT molecular complexity index is 635. The van der Waals surface area contributed by atoms with Crippen molar-refractivity contribution in [3.05, 3.63) is 59.7 Å². The highest BCUT2D eigenvalue weighted by Gasteiger charge is 1.97. The molecule has 3 nitrogen and oxygen atoms in total. The molecule has 4 N–H and O–H groups in total. The maximum atomic E-state index is 5.82. The quantitative estimate of drug-likeness (QED) is 0.157. The summed E-state index contributed by atoms with van der Waals surface area (Å²) in [6, 6.07) is 16.6. The normalized spacial score (nSPS) is 11.2. The van der Waals surface area contributed by atoms with E-state index in [-0.39, 0.29) is 0 Å². The summed E-state index contributed by atoms with van der Waals surface area (Å²) < 4.78 is 5.82. The zero-order chi connectivity index (χ0) is 23.4. The van der Waals surface area contributed by atoms with Gasteiger partial charge in [-0.1, -0.05) is 88.5 Å². The molecule has 0 fully saturated rings. The van der Waals surface area contributed by atoms with Crippen molar-refractivity contribution in [2.45, 2.75) is 103 Å². The molecule has 2 aromatic rings. The molecule has 2 rings (SSSR count). The third-order valence-electron chi connectivity index (χ3n) is 6.47. The van der Waals surface area contributed by atoms with Crippen LogP contribution in [0.15, 0.2) is 48.5 Å². The van der Waals surface area contributed by atoms with E-state index < -0.39 is 0 Å². The average Bonchev–Trinajstić information content (AvgIpc) is 2.83. The molecular formula is C30H48N2O. The highest BCUT2D eigenvalue weighted by atomic mass is 16.5. The Balaban J connectivity index is 1.23. The van der Waals surface area contributed by atoms with Crippen molar-refractivity contribution in [2.75, 3.05) is 24.7 Å². The first kappa shape index (κ1) is 27.2. The van der Waals surface area contributed by atoms with Crippen LogP contribution < -0.4 is 11.5 Å². The molecular weight excluding hydrogens is 404 g/mol. The third-order valence-corrected chi connectivity index (χ3v) is 6.47. The summed E-state index contributed by atoms with van der Waals surface area (Å²) in [6.07, 6.45) is 20.8. The smallest absolute Gasteiger partial charge is 0.0466 e. The van der Waals surface area contributed by atoms with Crippen molar-refractivity contribution in [3.63, 3.8) is 0 Å². The van der Waals surface area contributed by atoms with Crippen LogP contribution in [0.4, 0.5) is 11.4 Å². The molecule has 0 bridgehead atoms. The van der Waals surface area contributed by atoms with Crippen LogP contribution in [-0.4, -0.2) is 13.2 Å². The van der Waals surface area contributed by atoms with Crippen LogP contribution in [0.2, 0.25) is 0 Å². The van der Waals surface area contributed by atoms with E-state index in [9.17, 15) is 0 Å². The molecule has 0 radical (unpaired) electrons. The molecule has 0 heterocycles. The van der Waals surface area contributed by atoms with Gasteiger partial charge < -0.3 is 16.2 Å². The number of rotatable bonds is 20. The van der Waals surface area contributed by atoms with Crippen molar-refractivity contribution >= 4 is 11.4 Å². The summed E-state index contributed by atoms with van der Waals surface area (Å²) in [4.78, 5) is 0. The maximum absolute atomic E-state index is 5.82. The second-order valence-corrected chi connectivity index (χ2v) is 9.55. The summed E-state index contributed by atoms with van der Waals surface area (Å²) in [5, 5.41) is 0. The minimum Gasteiger partial charge on any atom is -0.399 e. The summed E-state index contributed by atoms with van der Waals surface area (Å²) >= 11 is 0. The van der Waals surface area contributed by atoms with Gasteiger partial charge in [0, 0.05) is 24.6 Å². The fraction of sp³-hybridized carbons (Fsp3) is 0.600. The first-order valence-corrected chi connectivity index (χ1v) is 13.5. The lowest BCUT2D eigenvalue weighted by Crippen LogP contribution is -1.97. The van der Waals surface area contributed by atoms with Gasteiger partial charge in [-0.15, -0.1) is 0 Å². The minimum atomic E-state index is 0.857. The standard InChI is InChI=1S/C30H48N2O/c31-29-21-17-27(18-22-29)15-11-7-3-1-5-9-13-25-33-26-14-10-6-2-4-8-12-16-28-19-23-30(32)24-20-28/h17-24H,1-16,25-26,31-32H2. The van der Waals surface area contributed by atoms with Gasteiger partial charge in [0.2, 0.25) is 0 Å². The fourth-order valence-corrected chi connectivity index (χ4v) is 4.30. The van der Waals surface area contributed by atoms with E-state index in [4.69, 9.17) is 16.2 Å². The molecule has 0 spiro atoms. The van der Waals surface area contributed by atoms with Gasteiger partial charge in [0.1, 0.15) is 0 Å². The van der Waals surface area contributed by atoms with E-state index in [2.05, 4.69) is 24.3 Å². The van der Waals surface area contributed by atoms with Crippen LogP contribution in [0, 0.1) is 0 Å². The van der Waals surface area contributed by atoms with Gasteiger partial charge in [0.15, 0.2) is 0 Å². The lowest BCUT2D eigenvalue weighted by atomic mass is 10.0. The minimum absolute atomic E-state index is 0.857. The summed E-state index contributed by atoms with van der Waals surface area (Å²) in [5.41, 5.74) is 16.0. The Morgan fingerprint density at radius 1 is 0.394 bits per heavy atom. The van der Waals surface area contributed by atoms with Crippen LogP contribution in [-0.2, 0) is 17.6 Å². The number of aryl methyl sites for hydroxylation is 2. The van der Waals surface area contributed by atoms with E-state index in [0.29, 0.717) is 0 Å². The fourth-order valence-electron chi connectivity index (χ4n) is 4.30. The molecule has 0 aliphatic heterocycles. The predicted octanol–water partition coefficient (Wildman–Crippen LogP) is 8.11. The number of nitrogen functional groups attached to an aromatic ring is 2. The summed E-state index contributed by atoms with van der Waals surface area (Å²) in [7, 11) is 0. The van der Waals surface area contributed by atoms with Gasteiger partial charge in [-0.25, -0.2) is 0 Å². The molecule has 0 aliphatic carbocycles. The summed E-state index contributed by atoms with van der Waals surface area (Å²) in [5.74, 6) is 0. The molecule has 0 aromatic heterocycles. The predicted molar refractivity (Wildman–Crippen MR) is 145 cm³/mol. The molecule has 0 amide bonds. The zero-order valence-electron chi connectivity index (χ0n) is 20.9. The van der Waals surface area contributed by atoms with Gasteiger partial charge in [-0.05, 0) is 73.9 Å². The van der Waals surface area contributed by atoms with E-state index in [1.807, 2.05) is 24.3 Å². The van der Waals surface area contributed by atoms with Crippen molar-refractivity contribution < 1.29 is 4.74 Å². The molecule has 0 saturated heterocycles. The van der Waals surface area contributed by atoms with Crippen LogP contribution in [0.1, 0.15) is 101 Å². The van der Waals surface area contributed by atoms with Crippen molar-refractivity contribution in [2.24, 2.45) is 0 Å². The Morgan fingerprint density at radius 3 is 1.06 bits per heavy atom. The summed E-state index contributed by atoms with van der Waals surface area (Å²) in [6.45, 7) is 1.89. The topological polar surface area (TPSA) is 61.3 Å². The second-order valence-electron chi connectivity index (χ2n) is 9.55. The van der Waals surface area contributed by atoms with Crippen LogP contribution in [0.3, 0.4) is 0 Å². The lowest BCUT2D eigenvalue weighted by Gasteiger charge is -2.06. The van der Waals surface area contributed by atoms with E-state index in [1.165, 1.54) is 114 Å². The number of ether oxygens (including phenoxy) is 1. The molecule has 2 aromatic carbocycles. The largest absolute Gasteiger partial charge is 0.399 e. The Morgan fingerprint density at radius 2 is 0.697 bits per heavy atom. The van der Waals surface area contributed by atoms with Crippen LogP contribution in [0.5, 0.6) is 0 Å². The number of hydrogen-bond donors (Lipinski definition) is 2. The Hall–Kier alpha value is -2.00. The number of unbranched alkanes of at least 4 members (excludes halogenated alkanes) is 12. The van der Waals surface area contributed by atoms with Gasteiger partial charge in [-0.3, -0.25) is 0 Å². The third kappa shape index (κ3) is 14.7.